The van der Waals surface area contributed by atoms with Crippen LogP contribution in [-0.2, 0) is 7.05 Å². The lowest BCUT2D eigenvalue weighted by molar-refractivity contribution is -0.212. The van der Waals surface area contributed by atoms with E-state index in [1.807, 2.05) is 41.9 Å². The van der Waals surface area contributed by atoms with Crippen LogP contribution in [0, 0.1) is 0 Å². The van der Waals surface area contributed by atoms with Crippen molar-refractivity contribution in [1.29, 1.82) is 0 Å². The quantitative estimate of drug-likeness (QED) is 0.460. The van der Waals surface area contributed by atoms with Crippen LogP contribution in [0.5, 0.6) is 0 Å². The molecule has 4 rings (SSSR count). The number of tetrazole rings is 1. The van der Waals surface area contributed by atoms with Crippen molar-refractivity contribution in [3.63, 3.8) is 0 Å². The fourth-order valence-corrected chi connectivity index (χ4v) is 2.69. The Bertz CT molecular complexity index is 1030. The SMILES string of the molecule is Cn1cc(C([O-])=Nc2cccc(-c3nn[nH]n3)c2)c2ccccc21. The Kier molecular flexibility index (Phi) is 3.31. The van der Waals surface area contributed by atoms with Crippen LogP contribution in [0.25, 0.3) is 22.3 Å². The number of H-pyrrole nitrogens is 1. The molecular weight excluding hydrogens is 304 g/mol. The molecule has 24 heavy (non-hydrogen) atoms. The third kappa shape index (κ3) is 2.41. The molecule has 1 N–H and O–H groups in total. The van der Waals surface area contributed by atoms with E-state index >= 15 is 0 Å². The van der Waals surface area contributed by atoms with Crippen LogP contribution >= 0.6 is 0 Å². The number of aromatic nitrogens is 5. The normalized spacial score (nSPS) is 12.0. The van der Waals surface area contributed by atoms with Gasteiger partial charge in [0, 0.05) is 35.3 Å². The second-order valence-electron chi connectivity index (χ2n) is 5.37. The first kappa shape index (κ1) is 14.1. The van der Waals surface area contributed by atoms with Gasteiger partial charge in [-0.1, -0.05) is 30.3 Å². The number of aromatic amines is 1. The van der Waals surface area contributed by atoms with E-state index in [0.717, 1.165) is 16.5 Å². The highest BCUT2D eigenvalue weighted by atomic mass is 16.3. The third-order valence-corrected chi connectivity index (χ3v) is 3.81. The van der Waals surface area contributed by atoms with Crippen LogP contribution in [0.1, 0.15) is 5.56 Å². The minimum absolute atomic E-state index is 0.280. The summed E-state index contributed by atoms with van der Waals surface area (Å²) in [5.41, 5.74) is 2.88. The Morgan fingerprint density at radius 3 is 2.88 bits per heavy atom. The van der Waals surface area contributed by atoms with E-state index in [2.05, 4.69) is 25.6 Å². The van der Waals surface area contributed by atoms with Crippen molar-refractivity contribution in [2.24, 2.45) is 12.0 Å². The van der Waals surface area contributed by atoms with Gasteiger partial charge < -0.3 is 9.67 Å². The van der Waals surface area contributed by atoms with Crippen molar-refractivity contribution < 1.29 is 5.11 Å². The van der Waals surface area contributed by atoms with Crippen molar-refractivity contribution in [1.82, 2.24) is 25.2 Å². The molecule has 7 nitrogen and oxygen atoms in total. The lowest BCUT2D eigenvalue weighted by Gasteiger charge is -2.09. The topological polar surface area (TPSA) is 94.8 Å². The average molecular weight is 317 g/mol. The van der Waals surface area contributed by atoms with Crippen molar-refractivity contribution in [2.45, 2.75) is 0 Å². The molecule has 0 saturated carbocycles. The summed E-state index contributed by atoms with van der Waals surface area (Å²) in [6, 6.07) is 14.9. The standard InChI is InChI=1S/C17H14N6O/c1-23-10-14(13-7-2-3-8-15(13)23)17(24)18-12-6-4-5-11(9-12)16-19-21-22-20-16/h2-10H,1H3,(H,18,24)(H,19,20,21,22)/p-1. The number of aliphatic imine (C=N–C) groups is 1. The zero-order valence-electron chi connectivity index (χ0n) is 12.8. The summed E-state index contributed by atoms with van der Waals surface area (Å²) in [7, 11) is 1.91. The molecule has 0 atom stereocenters. The number of para-hydroxylation sites is 1. The van der Waals surface area contributed by atoms with Crippen LogP contribution in [0.2, 0.25) is 0 Å². The smallest absolute Gasteiger partial charge is 0.204 e. The highest BCUT2D eigenvalue weighted by molar-refractivity contribution is 6.05. The number of nitrogens with zero attached hydrogens (tertiary/aromatic N) is 5. The number of nitrogens with one attached hydrogen (secondary N) is 1. The molecule has 2 heterocycles. The molecule has 2 aromatic carbocycles. The van der Waals surface area contributed by atoms with Gasteiger partial charge in [0.1, 0.15) is 0 Å². The lowest BCUT2D eigenvalue weighted by Crippen LogP contribution is -2.18. The summed E-state index contributed by atoms with van der Waals surface area (Å²) in [5.74, 6) is 0.182. The summed E-state index contributed by atoms with van der Waals surface area (Å²) in [5, 5.41) is 27.3. The van der Waals surface area contributed by atoms with Gasteiger partial charge in [-0.15, -0.1) is 10.2 Å². The molecule has 0 radical (unpaired) electrons. The van der Waals surface area contributed by atoms with Gasteiger partial charge in [0.2, 0.25) is 5.82 Å². The van der Waals surface area contributed by atoms with Crippen LogP contribution < -0.4 is 5.11 Å². The maximum Gasteiger partial charge on any atom is 0.204 e. The van der Waals surface area contributed by atoms with Gasteiger partial charge in [0.05, 0.1) is 5.69 Å². The lowest BCUT2D eigenvalue weighted by atomic mass is 10.1. The van der Waals surface area contributed by atoms with E-state index in [1.54, 1.807) is 24.4 Å². The fraction of sp³-hybridized carbons (Fsp3) is 0.0588. The summed E-state index contributed by atoms with van der Waals surface area (Å²) in [6.45, 7) is 0. The predicted octanol–water partition coefficient (Wildman–Crippen LogP) is 1.80. The molecule has 0 unspecified atom stereocenters. The van der Waals surface area contributed by atoms with E-state index in [4.69, 9.17) is 0 Å². The monoisotopic (exact) mass is 317 g/mol. The zero-order valence-corrected chi connectivity index (χ0v) is 12.8. The maximum atomic E-state index is 12.6. The van der Waals surface area contributed by atoms with Crippen molar-refractivity contribution in [3.8, 4) is 11.4 Å². The Morgan fingerprint density at radius 1 is 1.17 bits per heavy atom. The van der Waals surface area contributed by atoms with E-state index in [-0.39, 0.29) is 5.90 Å². The molecule has 0 bridgehead atoms. The predicted molar refractivity (Wildman–Crippen MR) is 88.7 cm³/mol. The third-order valence-electron chi connectivity index (χ3n) is 3.81. The second-order valence-corrected chi connectivity index (χ2v) is 5.37. The Labute approximate surface area is 137 Å². The van der Waals surface area contributed by atoms with Crippen LogP contribution in [0.4, 0.5) is 5.69 Å². The van der Waals surface area contributed by atoms with Gasteiger partial charge in [0.15, 0.2) is 0 Å². The van der Waals surface area contributed by atoms with Crippen molar-refractivity contribution in [3.05, 3.63) is 60.3 Å². The second kappa shape index (κ2) is 5.62. The van der Waals surface area contributed by atoms with Crippen LogP contribution in [0.15, 0.2) is 59.7 Å². The number of benzene rings is 2. The van der Waals surface area contributed by atoms with Crippen molar-refractivity contribution >= 4 is 22.5 Å². The van der Waals surface area contributed by atoms with Crippen molar-refractivity contribution in [2.75, 3.05) is 0 Å². The van der Waals surface area contributed by atoms with Gasteiger partial charge >= 0.3 is 0 Å². The van der Waals surface area contributed by atoms with Gasteiger partial charge in [0.25, 0.3) is 0 Å². The summed E-state index contributed by atoms with van der Waals surface area (Å²) in [4.78, 5) is 4.22. The largest absolute Gasteiger partial charge is 0.858 e. The molecule has 7 heteroatoms. The average Bonchev–Trinajstić information content (AvgIpc) is 3.24. The number of hydrogen-bond acceptors (Lipinski definition) is 5. The molecular formula is C17H13N6O-. The number of rotatable bonds is 3. The molecule has 2 aromatic heterocycles. The molecule has 118 valence electrons. The number of hydrogen-bond donors (Lipinski definition) is 1. The molecule has 0 aliphatic rings. The van der Waals surface area contributed by atoms with E-state index < -0.39 is 0 Å². The van der Waals surface area contributed by atoms with E-state index in [1.165, 1.54) is 0 Å². The van der Waals surface area contributed by atoms with E-state index in [0.29, 0.717) is 17.1 Å². The molecule has 0 aliphatic heterocycles. The first-order valence-electron chi connectivity index (χ1n) is 7.36. The molecule has 0 aliphatic carbocycles. The minimum Gasteiger partial charge on any atom is -0.858 e. The molecule has 0 fully saturated rings. The van der Waals surface area contributed by atoms with Gasteiger partial charge in [-0.2, -0.15) is 5.21 Å². The van der Waals surface area contributed by atoms with Gasteiger partial charge in [-0.25, -0.2) is 0 Å². The molecule has 4 aromatic rings. The molecule has 0 saturated heterocycles. The first-order valence-corrected chi connectivity index (χ1v) is 7.36. The Morgan fingerprint density at radius 2 is 2.04 bits per heavy atom. The minimum atomic E-state index is -0.280. The molecule has 0 amide bonds. The first-order chi connectivity index (χ1) is 11.7. The van der Waals surface area contributed by atoms with Crippen LogP contribution in [-0.4, -0.2) is 31.1 Å². The summed E-state index contributed by atoms with van der Waals surface area (Å²) in [6.07, 6.45) is 1.81. The highest BCUT2D eigenvalue weighted by Crippen LogP contribution is 2.23. The van der Waals surface area contributed by atoms with Gasteiger partial charge in [-0.3, -0.25) is 4.99 Å². The number of fused-ring (bicyclic) bond motifs is 1. The fourth-order valence-electron chi connectivity index (χ4n) is 2.69. The van der Waals surface area contributed by atoms with Crippen LogP contribution in [0.3, 0.4) is 0 Å². The van der Waals surface area contributed by atoms with E-state index in [9.17, 15) is 5.11 Å². The van der Waals surface area contributed by atoms with Gasteiger partial charge in [-0.05, 0) is 29.3 Å². The Balaban J connectivity index is 1.76. The highest BCUT2D eigenvalue weighted by Gasteiger charge is 2.07. The number of aryl methyl sites for hydroxylation is 1. The maximum absolute atomic E-state index is 12.6. The molecule has 0 spiro atoms. The zero-order chi connectivity index (χ0) is 16.5. The summed E-state index contributed by atoms with van der Waals surface area (Å²) < 4.78 is 1.92. The summed E-state index contributed by atoms with van der Waals surface area (Å²) >= 11 is 0. The Hall–Kier alpha value is -3.48.